The fourth-order valence-corrected chi connectivity index (χ4v) is 2.93. The summed E-state index contributed by atoms with van der Waals surface area (Å²) in [5, 5.41) is 14.6. The molecule has 0 aromatic rings. The molecule has 0 bridgehead atoms. The summed E-state index contributed by atoms with van der Waals surface area (Å²) < 4.78 is 5.74. The predicted molar refractivity (Wildman–Crippen MR) is 82.3 cm³/mol. The normalized spacial score (nSPS) is 29.2. The number of carbonyl (C=O) groups is 1. The predicted octanol–water partition coefficient (Wildman–Crippen LogP) is 2.84. The summed E-state index contributed by atoms with van der Waals surface area (Å²) >= 11 is 0. The molecule has 6 heteroatoms. The van der Waals surface area contributed by atoms with Crippen LogP contribution in [0, 0.1) is 11.3 Å². The van der Waals surface area contributed by atoms with Gasteiger partial charge in [0.25, 0.3) is 0 Å². The minimum atomic E-state index is -0.567. The van der Waals surface area contributed by atoms with E-state index in [0.29, 0.717) is 6.42 Å². The molecule has 0 heterocycles. The first-order chi connectivity index (χ1) is 9.41. The summed E-state index contributed by atoms with van der Waals surface area (Å²) in [5.41, 5.74) is 4.48. The number of rotatable bonds is 3. The van der Waals surface area contributed by atoms with Gasteiger partial charge in [0.1, 0.15) is 11.4 Å². The number of hydrogen-bond acceptors (Lipinski definition) is 4. The molecule has 1 aliphatic carbocycles. The minimum Gasteiger partial charge on any atom is -0.443 e. The van der Waals surface area contributed by atoms with Gasteiger partial charge >= 0.3 is 6.09 Å². The number of hydrogen-bond donors (Lipinski definition) is 3. The van der Waals surface area contributed by atoms with E-state index in [2.05, 4.69) is 24.3 Å². The van der Waals surface area contributed by atoms with Gasteiger partial charge in [0.05, 0.1) is 0 Å². The molecule has 0 radical (unpaired) electrons. The van der Waals surface area contributed by atoms with E-state index in [1.807, 2.05) is 27.7 Å². The van der Waals surface area contributed by atoms with Crippen molar-refractivity contribution >= 4 is 11.9 Å². The van der Waals surface area contributed by atoms with E-state index in [4.69, 9.17) is 15.7 Å². The maximum Gasteiger partial charge on any atom is 0.408 e. The van der Waals surface area contributed by atoms with Gasteiger partial charge in [-0.1, -0.05) is 19.0 Å². The molecule has 0 aromatic heterocycles. The van der Waals surface area contributed by atoms with Gasteiger partial charge in [-0.25, -0.2) is 4.79 Å². The lowest BCUT2D eigenvalue weighted by atomic mass is 9.72. The van der Waals surface area contributed by atoms with Crippen molar-refractivity contribution < 1.29 is 14.7 Å². The van der Waals surface area contributed by atoms with Crippen molar-refractivity contribution in [3.8, 4) is 0 Å². The third-order valence-electron chi connectivity index (χ3n) is 4.73. The van der Waals surface area contributed by atoms with Gasteiger partial charge < -0.3 is 21.0 Å². The van der Waals surface area contributed by atoms with Gasteiger partial charge in [-0.05, 0) is 46.5 Å². The molecule has 0 spiro atoms. The van der Waals surface area contributed by atoms with E-state index in [1.165, 1.54) is 0 Å². The van der Waals surface area contributed by atoms with E-state index in [0.717, 1.165) is 12.8 Å². The van der Waals surface area contributed by atoms with Crippen LogP contribution in [-0.4, -0.2) is 28.3 Å². The Morgan fingerprint density at radius 2 is 2.00 bits per heavy atom. The van der Waals surface area contributed by atoms with Crippen LogP contribution in [0.25, 0.3) is 0 Å². The second kappa shape index (κ2) is 5.73. The molecule has 6 nitrogen and oxygen atoms in total. The van der Waals surface area contributed by atoms with Crippen molar-refractivity contribution in [3.05, 3.63) is 0 Å². The van der Waals surface area contributed by atoms with E-state index in [-0.39, 0.29) is 22.7 Å². The topological polar surface area (TPSA) is 96.9 Å². The second-order valence-corrected chi connectivity index (χ2v) is 7.75. The largest absolute Gasteiger partial charge is 0.443 e. The molecule has 1 rings (SSSR count). The number of oxime groups is 1. The highest BCUT2D eigenvalue weighted by Crippen LogP contribution is 2.53. The molecule has 1 fully saturated rings. The molecule has 2 atom stereocenters. The van der Waals surface area contributed by atoms with E-state index in [9.17, 15) is 4.79 Å². The number of nitrogens with one attached hydrogen (secondary N) is 1. The Hall–Kier alpha value is -1.46. The lowest BCUT2D eigenvalue weighted by Crippen LogP contribution is -2.49. The first-order valence-corrected chi connectivity index (χ1v) is 7.39. The van der Waals surface area contributed by atoms with Gasteiger partial charge in [0, 0.05) is 17.4 Å². The van der Waals surface area contributed by atoms with Crippen LogP contribution in [0.4, 0.5) is 4.79 Å². The summed E-state index contributed by atoms with van der Waals surface area (Å²) in [6.07, 6.45) is 1.75. The molecule has 1 amide bonds. The fraction of sp³-hybridized carbons (Fsp3) is 0.867. The van der Waals surface area contributed by atoms with Crippen LogP contribution >= 0.6 is 0 Å². The number of amides is 1. The van der Waals surface area contributed by atoms with Crippen LogP contribution < -0.4 is 11.1 Å². The van der Waals surface area contributed by atoms with Gasteiger partial charge in [0.2, 0.25) is 0 Å². The third-order valence-corrected chi connectivity index (χ3v) is 4.73. The minimum absolute atomic E-state index is 0.209. The van der Waals surface area contributed by atoms with Gasteiger partial charge in [0.15, 0.2) is 0 Å². The number of carbonyl (C=O) groups excluding carboxylic acids is 1. The zero-order valence-electron chi connectivity index (χ0n) is 14.0. The summed E-state index contributed by atoms with van der Waals surface area (Å²) in [6, 6.07) is 0. The van der Waals surface area contributed by atoms with Crippen molar-refractivity contribution in [2.75, 3.05) is 0 Å². The van der Waals surface area contributed by atoms with Crippen molar-refractivity contribution in [3.63, 3.8) is 0 Å². The maximum absolute atomic E-state index is 12.1. The fourth-order valence-electron chi connectivity index (χ4n) is 2.93. The van der Waals surface area contributed by atoms with E-state index >= 15 is 0 Å². The molecular weight excluding hydrogens is 270 g/mol. The first-order valence-electron chi connectivity index (χ1n) is 7.39. The molecule has 1 aliphatic rings. The number of ether oxygens (including phenoxy) is 1. The Bertz CT molecular complexity index is 426. The monoisotopic (exact) mass is 299 g/mol. The Balaban J connectivity index is 2.80. The summed E-state index contributed by atoms with van der Waals surface area (Å²) in [7, 11) is 0. The number of alkyl carbamates (subject to hydrolysis) is 1. The molecule has 0 unspecified atom stereocenters. The highest BCUT2D eigenvalue weighted by molar-refractivity contribution is 5.80. The standard InChI is InChI=1S/C15H29N3O3/c1-13(2,3)17-12(19)21-15(6)8-7-10(14(15,4)5)9-11(16)18-20/h10,20H,7-9H2,1-6H3,(H2,16,18)(H,17,19)/t10-,15-/m0/s1. The summed E-state index contributed by atoms with van der Waals surface area (Å²) in [4.78, 5) is 12.1. The van der Waals surface area contributed by atoms with Crippen LogP contribution in [0.3, 0.4) is 0 Å². The number of nitrogens with zero attached hydrogens (tertiary/aromatic N) is 1. The van der Waals surface area contributed by atoms with Gasteiger partial charge in [-0.3, -0.25) is 0 Å². The van der Waals surface area contributed by atoms with Crippen LogP contribution in [0.1, 0.15) is 60.8 Å². The zero-order chi connectivity index (χ0) is 16.5. The van der Waals surface area contributed by atoms with Crippen molar-refractivity contribution in [1.82, 2.24) is 5.32 Å². The van der Waals surface area contributed by atoms with Crippen LogP contribution in [-0.2, 0) is 4.74 Å². The quantitative estimate of drug-likeness (QED) is 0.323. The van der Waals surface area contributed by atoms with Crippen LogP contribution in [0.2, 0.25) is 0 Å². The highest BCUT2D eigenvalue weighted by Gasteiger charge is 2.54. The SMILES string of the molecule is CC(C)(C)NC(=O)O[C@@]1(C)CC[C@@H](C/C(N)=N/O)C1(C)C. The highest BCUT2D eigenvalue weighted by atomic mass is 16.6. The Morgan fingerprint density at radius 3 is 2.48 bits per heavy atom. The molecule has 4 N–H and O–H groups in total. The smallest absolute Gasteiger partial charge is 0.408 e. The van der Waals surface area contributed by atoms with Gasteiger partial charge in [-0.15, -0.1) is 0 Å². The van der Waals surface area contributed by atoms with Crippen LogP contribution in [0.15, 0.2) is 5.16 Å². The average Bonchev–Trinajstić information content (AvgIpc) is 2.50. The lowest BCUT2D eigenvalue weighted by Gasteiger charge is -2.41. The van der Waals surface area contributed by atoms with Crippen LogP contribution in [0.5, 0.6) is 0 Å². The first kappa shape index (κ1) is 17.6. The Morgan fingerprint density at radius 1 is 1.43 bits per heavy atom. The Kier molecular flexibility index (Phi) is 4.80. The second-order valence-electron chi connectivity index (χ2n) is 7.75. The average molecular weight is 299 g/mol. The molecule has 122 valence electrons. The Labute approximate surface area is 127 Å². The molecule has 0 saturated heterocycles. The number of amidine groups is 1. The van der Waals surface area contributed by atoms with Crippen molar-refractivity contribution in [2.24, 2.45) is 22.2 Å². The number of nitrogens with two attached hydrogens (primary N) is 1. The molecule has 0 aliphatic heterocycles. The van der Waals surface area contributed by atoms with E-state index < -0.39 is 11.7 Å². The molecule has 21 heavy (non-hydrogen) atoms. The summed E-state index contributed by atoms with van der Waals surface area (Å²) in [5.74, 6) is 0.428. The van der Waals surface area contributed by atoms with E-state index in [1.54, 1.807) is 0 Å². The van der Waals surface area contributed by atoms with Crippen molar-refractivity contribution in [1.29, 1.82) is 0 Å². The lowest BCUT2D eigenvalue weighted by molar-refractivity contribution is -0.0555. The molecule has 0 aromatic carbocycles. The summed E-state index contributed by atoms with van der Waals surface area (Å²) in [6.45, 7) is 11.8. The molecule has 1 saturated carbocycles. The zero-order valence-corrected chi connectivity index (χ0v) is 14.0. The molecular formula is C15H29N3O3. The maximum atomic E-state index is 12.1. The van der Waals surface area contributed by atoms with Gasteiger partial charge in [-0.2, -0.15) is 0 Å². The third kappa shape index (κ3) is 4.02. The van der Waals surface area contributed by atoms with Crippen molar-refractivity contribution in [2.45, 2.75) is 71.9 Å².